The van der Waals surface area contributed by atoms with Crippen molar-refractivity contribution in [2.24, 2.45) is 0 Å². The predicted molar refractivity (Wildman–Crippen MR) is 142 cm³/mol. The van der Waals surface area contributed by atoms with Crippen LogP contribution >= 0.6 is 0 Å². The summed E-state index contributed by atoms with van der Waals surface area (Å²) in [6.45, 7) is -0.290. The first-order chi connectivity index (χ1) is 18.8. The number of carbonyl (C=O) groups is 1. The molecule has 0 saturated carbocycles. The summed E-state index contributed by atoms with van der Waals surface area (Å²) in [6, 6.07) is 20.8. The van der Waals surface area contributed by atoms with Gasteiger partial charge >= 0.3 is 6.18 Å². The Labute approximate surface area is 221 Å². The smallest absolute Gasteiger partial charge is 0.416 e. The van der Waals surface area contributed by atoms with Crippen LogP contribution in [-0.4, -0.2) is 28.0 Å². The van der Waals surface area contributed by atoms with E-state index >= 15 is 0 Å². The van der Waals surface area contributed by atoms with Gasteiger partial charge in [-0.3, -0.25) is 9.78 Å². The van der Waals surface area contributed by atoms with Gasteiger partial charge in [-0.25, -0.2) is 9.97 Å². The quantitative estimate of drug-likeness (QED) is 0.254. The molecule has 39 heavy (non-hydrogen) atoms. The van der Waals surface area contributed by atoms with Crippen molar-refractivity contribution in [3.8, 4) is 17.1 Å². The van der Waals surface area contributed by atoms with Crippen molar-refractivity contribution >= 4 is 28.3 Å². The van der Waals surface area contributed by atoms with E-state index in [2.05, 4.69) is 20.6 Å². The largest absolute Gasteiger partial charge is 0.497 e. The van der Waals surface area contributed by atoms with E-state index in [9.17, 15) is 18.0 Å². The van der Waals surface area contributed by atoms with Crippen LogP contribution in [0.1, 0.15) is 21.5 Å². The molecule has 2 N–H and O–H groups in total. The molecule has 0 radical (unpaired) electrons. The van der Waals surface area contributed by atoms with Crippen LogP contribution in [-0.2, 0) is 12.7 Å². The van der Waals surface area contributed by atoms with Crippen LogP contribution in [0.3, 0.4) is 0 Å². The zero-order valence-electron chi connectivity index (χ0n) is 20.7. The first-order valence-corrected chi connectivity index (χ1v) is 11.9. The second-order valence-electron chi connectivity index (χ2n) is 8.53. The fourth-order valence-corrected chi connectivity index (χ4v) is 4.09. The molecule has 0 saturated heterocycles. The number of pyridine rings is 1. The summed E-state index contributed by atoms with van der Waals surface area (Å²) in [5.74, 6) is 0.894. The van der Waals surface area contributed by atoms with E-state index in [4.69, 9.17) is 9.72 Å². The first-order valence-electron chi connectivity index (χ1n) is 11.9. The Kier molecular flexibility index (Phi) is 7.09. The predicted octanol–water partition coefficient (Wildman–Crippen LogP) is 6.39. The lowest BCUT2D eigenvalue weighted by atomic mass is 10.1. The van der Waals surface area contributed by atoms with Crippen molar-refractivity contribution in [1.29, 1.82) is 0 Å². The SMILES string of the molecule is COc1ccc2nc(-c3cccnc3)nc(Nc3ccccc3C(=O)NCc3ccccc3C(F)(F)F)c2c1. The number of amides is 1. The van der Waals surface area contributed by atoms with Gasteiger partial charge in [-0.05, 0) is 54.1 Å². The highest BCUT2D eigenvalue weighted by molar-refractivity contribution is 6.02. The van der Waals surface area contributed by atoms with Gasteiger partial charge in [-0.15, -0.1) is 0 Å². The van der Waals surface area contributed by atoms with Crippen molar-refractivity contribution in [2.75, 3.05) is 12.4 Å². The number of benzene rings is 3. The highest BCUT2D eigenvalue weighted by atomic mass is 19.4. The molecule has 1 amide bonds. The molecule has 0 aliphatic carbocycles. The molecule has 196 valence electrons. The molecule has 0 bridgehead atoms. The number of anilines is 2. The Morgan fingerprint density at radius 1 is 0.949 bits per heavy atom. The van der Waals surface area contributed by atoms with Gasteiger partial charge in [0.15, 0.2) is 5.82 Å². The monoisotopic (exact) mass is 529 g/mol. The lowest BCUT2D eigenvalue weighted by molar-refractivity contribution is -0.138. The number of carbonyl (C=O) groups excluding carboxylic acids is 1. The highest BCUT2D eigenvalue weighted by Gasteiger charge is 2.32. The summed E-state index contributed by atoms with van der Waals surface area (Å²) in [5.41, 5.74) is 1.17. The third kappa shape index (κ3) is 5.64. The molecular formula is C29H22F3N5O2. The first kappa shape index (κ1) is 25.7. The van der Waals surface area contributed by atoms with E-state index in [-0.39, 0.29) is 17.7 Å². The van der Waals surface area contributed by atoms with E-state index in [0.717, 1.165) is 6.07 Å². The Balaban J connectivity index is 1.49. The minimum Gasteiger partial charge on any atom is -0.497 e. The van der Waals surface area contributed by atoms with Gasteiger partial charge in [0.1, 0.15) is 11.6 Å². The van der Waals surface area contributed by atoms with Gasteiger partial charge in [0.05, 0.1) is 29.4 Å². The summed E-state index contributed by atoms with van der Waals surface area (Å²) in [6.07, 6.45) is -1.23. The van der Waals surface area contributed by atoms with Crippen molar-refractivity contribution in [1.82, 2.24) is 20.3 Å². The molecule has 2 aromatic heterocycles. The maximum atomic E-state index is 13.4. The van der Waals surface area contributed by atoms with Crippen LogP contribution < -0.4 is 15.4 Å². The molecule has 5 rings (SSSR count). The average Bonchev–Trinajstić information content (AvgIpc) is 2.96. The normalized spacial score (nSPS) is 11.3. The average molecular weight is 530 g/mol. The number of rotatable bonds is 7. The zero-order chi connectivity index (χ0) is 27.4. The molecule has 0 fully saturated rings. The van der Waals surface area contributed by atoms with Gasteiger partial charge in [0.2, 0.25) is 0 Å². The molecule has 5 aromatic rings. The lowest BCUT2D eigenvalue weighted by Crippen LogP contribution is -2.25. The molecule has 0 unspecified atom stereocenters. The van der Waals surface area contributed by atoms with E-state index in [1.165, 1.54) is 18.2 Å². The number of hydrogen-bond acceptors (Lipinski definition) is 6. The lowest BCUT2D eigenvalue weighted by Gasteiger charge is -2.16. The number of ether oxygens (including phenoxy) is 1. The van der Waals surface area contributed by atoms with E-state index in [0.29, 0.717) is 39.5 Å². The van der Waals surface area contributed by atoms with Crippen molar-refractivity contribution < 1.29 is 22.7 Å². The van der Waals surface area contributed by atoms with Gasteiger partial charge in [0.25, 0.3) is 5.91 Å². The van der Waals surface area contributed by atoms with Crippen molar-refractivity contribution in [2.45, 2.75) is 12.7 Å². The number of hydrogen-bond donors (Lipinski definition) is 2. The van der Waals surface area contributed by atoms with E-state index in [1.54, 1.807) is 68.0 Å². The summed E-state index contributed by atoms with van der Waals surface area (Å²) in [7, 11) is 1.55. The van der Waals surface area contributed by atoms with Crippen LogP contribution in [0.15, 0.2) is 91.3 Å². The fraction of sp³-hybridized carbons (Fsp3) is 0.103. The number of nitrogens with zero attached hydrogens (tertiary/aromatic N) is 3. The van der Waals surface area contributed by atoms with E-state index < -0.39 is 17.6 Å². The summed E-state index contributed by atoms with van der Waals surface area (Å²) < 4.78 is 45.5. The van der Waals surface area contributed by atoms with Crippen LogP contribution in [0, 0.1) is 0 Å². The second kappa shape index (κ2) is 10.8. The Bertz CT molecular complexity index is 1640. The van der Waals surface area contributed by atoms with Crippen LogP contribution in [0.25, 0.3) is 22.3 Å². The number of nitrogens with one attached hydrogen (secondary N) is 2. The van der Waals surface area contributed by atoms with E-state index in [1.807, 2.05) is 6.07 Å². The maximum absolute atomic E-state index is 13.4. The number of methoxy groups -OCH3 is 1. The van der Waals surface area contributed by atoms with Gasteiger partial charge in [-0.2, -0.15) is 13.2 Å². The Morgan fingerprint density at radius 3 is 2.51 bits per heavy atom. The number of halogens is 3. The molecule has 2 heterocycles. The minimum atomic E-state index is -4.53. The number of fused-ring (bicyclic) bond motifs is 1. The summed E-state index contributed by atoms with van der Waals surface area (Å²) in [5, 5.41) is 6.48. The topological polar surface area (TPSA) is 89.0 Å². The van der Waals surface area contributed by atoms with Gasteiger partial charge in [-0.1, -0.05) is 30.3 Å². The Hall–Kier alpha value is -4.99. The maximum Gasteiger partial charge on any atom is 0.416 e. The molecule has 3 aromatic carbocycles. The van der Waals surface area contributed by atoms with Crippen molar-refractivity contribution in [3.63, 3.8) is 0 Å². The standard InChI is InChI=1S/C29H22F3N5O2/c1-39-20-12-13-25-22(15-20)27(37-26(35-25)19-8-6-14-33-16-19)36-24-11-5-3-9-21(24)28(38)34-17-18-7-2-4-10-23(18)29(30,31)32/h2-16H,17H2,1H3,(H,34,38)(H,35,36,37). The molecule has 0 spiro atoms. The number of para-hydroxylation sites is 1. The van der Waals surface area contributed by atoms with Crippen LogP contribution in [0.4, 0.5) is 24.7 Å². The second-order valence-corrected chi connectivity index (χ2v) is 8.53. The number of alkyl halides is 3. The van der Waals surface area contributed by atoms with Crippen LogP contribution in [0.2, 0.25) is 0 Å². The van der Waals surface area contributed by atoms with Gasteiger partial charge in [0, 0.05) is 29.9 Å². The summed E-state index contributed by atoms with van der Waals surface area (Å²) in [4.78, 5) is 26.6. The third-order valence-electron chi connectivity index (χ3n) is 6.01. The minimum absolute atomic E-state index is 0.0289. The Morgan fingerprint density at radius 2 is 1.74 bits per heavy atom. The third-order valence-corrected chi connectivity index (χ3v) is 6.01. The molecule has 0 atom stereocenters. The fourth-order valence-electron chi connectivity index (χ4n) is 4.09. The number of aromatic nitrogens is 3. The molecule has 10 heteroatoms. The molecule has 0 aliphatic rings. The van der Waals surface area contributed by atoms with Gasteiger partial charge < -0.3 is 15.4 Å². The van der Waals surface area contributed by atoms with Crippen LogP contribution in [0.5, 0.6) is 5.75 Å². The summed E-state index contributed by atoms with van der Waals surface area (Å²) >= 11 is 0. The molecule has 0 aliphatic heterocycles. The zero-order valence-corrected chi connectivity index (χ0v) is 20.7. The molecule has 7 nitrogen and oxygen atoms in total. The highest BCUT2D eigenvalue weighted by Crippen LogP contribution is 2.33. The molecular weight excluding hydrogens is 507 g/mol. The van der Waals surface area contributed by atoms with Crippen molar-refractivity contribution in [3.05, 3.63) is 108 Å².